The highest BCUT2D eigenvalue weighted by molar-refractivity contribution is 7.89. The summed E-state index contributed by atoms with van der Waals surface area (Å²) in [5.74, 6) is 0.901. The van der Waals surface area contributed by atoms with Crippen molar-refractivity contribution >= 4 is 21.6 Å². The SMILES string of the molecule is CCOc1ccc(NC(=O)COc2ccc(S(=O)(=O)NC3CCCCC3)cc2C)cc1. The van der Waals surface area contributed by atoms with Gasteiger partial charge in [0, 0.05) is 11.7 Å². The molecule has 2 aromatic carbocycles. The molecule has 2 N–H and O–H groups in total. The number of benzene rings is 2. The Morgan fingerprint density at radius 1 is 1.03 bits per heavy atom. The van der Waals surface area contributed by atoms with E-state index < -0.39 is 10.0 Å². The number of sulfonamides is 1. The molecule has 8 heteroatoms. The first kappa shape index (κ1) is 23.1. The van der Waals surface area contributed by atoms with Crippen LogP contribution < -0.4 is 19.5 Å². The Morgan fingerprint density at radius 3 is 2.39 bits per heavy atom. The monoisotopic (exact) mass is 446 g/mol. The fraction of sp³-hybridized carbons (Fsp3) is 0.435. The molecule has 0 saturated heterocycles. The zero-order valence-corrected chi connectivity index (χ0v) is 18.8. The number of hydrogen-bond acceptors (Lipinski definition) is 5. The third kappa shape index (κ3) is 6.70. The van der Waals surface area contributed by atoms with E-state index in [9.17, 15) is 13.2 Å². The molecule has 7 nitrogen and oxygen atoms in total. The molecule has 0 heterocycles. The molecule has 31 heavy (non-hydrogen) atoms. The van der Waals surface area contributed by atoms with Crippen LogP contribution in [-0.2, 0) is 14.8 Å². The van der Waals surface area contributed by atoms with Crippen LogP contribution in [0, 0.1) is 6.92 Å². The van der Waals surface area contributed by atoms with Crippen LogP contribution in [0.4, 0.5) is 5.69 Å². The summed E-state index contributed by atoms with van der Waals surface area (Å²) in [6.45, 7) is 4.07. The van der Waals surface area contributed by atoms with Crippen molar-refractivity contribution in [2.45, 2.75) is 56.9 Å². The molecule has 0 unspecified atom stereocenters. The van der Waals surface area contributed by atoms with Crippen LogP contribution in [0.1, 0.15) is 44.6 Å². The first-order valence-corrected chi connectivity index (χ1v) is 12.1. The summed E-state index contributed by atoms with van der Waals surface area (Å²) in [5.41, 5.74) is 1.30. The Balaban J connectivity index is 1.55. The van der Waals surface area contributed by atoms with Gasteiger partial charge in [0.05, 0.1) is 11.5 Å². The van der Waals surface area contributed by atoms with Crippen LogP contribution in [0.25, 0.3) is 0 Å². The minimum absolute atomic E-state index is 0.00118. The molecule has 1 aliphatic rings. The third-order valence-corrected chi connectivity index (χ3v) is 6.71. The van der Waals surface area contributed by atoms with Crippen molar-refractivity contribution < 1.29 is 22.7 Å². The van der Waals surface area contributed by atoms with E-state index in [0.29, 0.717) is 23.6 Å². The van der Waals surface area contributed by atoms with E-state index in [1.54, 1.807) is 43.3 Å². The summed E-state index contributed by atoms with van der Waals surface area (Å²) in [4.78, 5) is 12.4. The standard InChI is InChI=1S/C23H30N2O5S/c1-3-29-20-11-9-18(10-12-20)24-23(26)16-30-22-14-13-21(15-17(22)2)31(27,28)25-19-7-5-4-6-8-19/h9-15,19,25H,3-8,16H2,1-2H3,(H,24,26). The van der Waals surface area contributed by atoms with Gasteiger partial charge in [-0.2, -0.15) is 0 Å². The van der Waals surface area contributed by atoms with Crippen LogP contribution in [-0.4, -0.2) is 33.6 Å². The Labute approximate surface area is 184 Å². The van der Waals surface area contributed by atoms with E-state index in [-0.39, 0.29) is 23.5 Å². The fourth-order valence-corrected chi connectivity index (χ4v) is 4.99. The van der Waals surface area contributed by atoms with Gasteiger partial charge in [-0.25, -0.2) is 13.1 Å². The normalized spacial score (nSPS) is 14.8. The summed E-state index contributed by atoms with van der Waals surface area (Å²) in [5, 5.41) is 2.76. The number of hydrogen-bond donors (Lipinski definition) is 2. The van der Waals surface area contributed by atoms with Crippen molar-refractivity contribution in [3.05, 3.63) is 48.0 Å². The molecule has 3 rings (SSSR count). The van der Waals surface area contributed by atoms with Gasteiger partial charge in [0.2, 0.25) is 10.0 Å². The summed E-state index contributed by atoms with van der Waals surface area (Å²) >= 11 is 0. The number of carbonyl (C=O) groups excluding carboxylic acids is 1. The lowest BCUT2D eigenvalue weighted by atomic mass is 9.96. The predicted octanol–water partition coefficient (Wildman–Crippen LogP) is 4.02. The maximum Gasteiger partial charge on any atom is 0.262 e. The third-order valence-electron chi connectivity index (χ3n) is 5.19. The number of amides is 1. The lowest BCUT2D eigenvalue weighted by molar-refractivity contribution is -0.118. The Bertz CT molecular complexity index is 984. The van der Waals surface area contributed by atoms with E-state index >= 15 is 0 Å². The summed E-state index contributed by atoms with van der Waals surface area (Å²) < 4.78 is 39.1. The van der Waals surface area contributed by atoms with Gasteiger partial charge in [-0.1, -0.05) is 19.3 Å². The molecule has 168 valence electrons. The Hall–Kier alpha value is -2.58. The minimum Gasteiger partial charge on any atom is -0.494 e. The lowest BCUT2D eigenvalue weighted by Crippen LogP contribution is -2.36. The molecule has 1 amide bonds. The molecule has 0 radical (unpaired) electrons. The number of nitrogens with one attached hydrogen (secondary N) is 2. The van der Waals surface area contributed by atoms with Gasteiger partial charge in [-0.3, -0.25) is 4.79 Å². The van der Waals surface area contributed by atoms with E-state index in [1.807, 2.05) is 6.92 Å². The van der Waals surface area contributed by atoms with E-state index in [0.717, 1.165) is 37.9 Å². The molecule has 1 fully saturated rings. The molecule has 0 aromatic heterocycles. The number of aryl methyl sites for hydroxylation is 1. The first-order chi connectivity index (χ1) is 14.9. The molecule has 0 aliphatic heterocycles. The number of anilines is 1. The molecule has 0 spiro atoms. The van der Waals surface area contributed by atoms with Gasteiger partial charge in [0.25, 0.3) is 5.91 Å². The lowest BCUT2D eigenvalue weighted by Gasteiger charge is -2.22. The van der Waals surface area contributed by atoms with E-state index in [1.165, 1.54) is 6.07 Å². The van der Waals surface area contributed by atoms with Crippen LogP contribution >= 0.6 is 0 Å². The number of carbonyl (C=O) groups is 1. The molecule has 0 bridgehead atoms. The van der Waals surface area contributed by atoms with Gasteiger partial charge in [0.15, 0.2) is 6.61 Å². The van der Waals surface area contributed by atoms with Crippen LogP contribution in [0.3, 0.4) is 0 Å². The van der Waals surface area contributed by atoms with Crippen molar-refractivity contribution in [2.24, 2.45) is 0 Å². The average Bonchev–Trinajstić information content (AvgIpc) is 2.75. The fourth-order valence-electron chi connectivity index (χ4n) is 3.60. The Kier molecular flexibility index (Phi) is 7.92. The van der Waals surface area contributed by atoms with Gasteiger partial charge in [-0.15, -0.1) is 0 Å². The molecule has 2 aromatic rings. The van der Waals surface area contributed by atoms with Gasteiger partial charge in [-0.05, 0) is 74.7 Å². The minimum atomic E-state index is -3.57. The largest absolute Gasteiger partial charge is 0.494 e. The second-order valence-electron chi connectivity index (χ2n) is 7.68. The second kappa shape index (κ2) is 10.6. The highest BCUT2D eigenvalue weighted by Crippen LogP contribution is 2.24. The molecule has 0 atom stereocenters. The molecular formula is C23H30N2O5S. The van der Waals surface area contributed by atoms with Crippen molar-refractivity contribution in [1.29, 1.82) is 0 Å². The zero-order chi connectivity index (χ0) is 22.3. The van der Waals surface area contributed by atoms with Crippen molar-refractivity contribution in [3.8, 4) is 11.5 Å². The number of rotatable bonds is 9. The summed E-state index contributed by atoms with van der Waals surface area (Å²) in [6.07, 6.45) is 5.02. The summed E-state index contributed by atoms with van der Waals surface area (Å²) in [6, 6.07) is 11.8. The van der Waals surface area contributed by atoms with E-state index in [4.69, 9.17) is 9.47 Å². The quantitative estimate of drug-likeness (QED) is 0.607. The maximum atomic E-state index is 12.7. The topological polar surface area (TPSA) is 93.7 Å². The number of ether oxygens (including phenoxy) is 2. The van der Waals surface area contributed by atoms with Gasteiger partial charge >= 0.3 is 0 Å². The van der Waals surface area contributed by atoms with Crippen LogP contribution in [0.2, 0.25) is 0 Å². The van der Waals surface area contributed by atoms with E-state index in [2.05, 4.69) is 10.0 Å². The van der Waals surface area contributed by atoms with Crippen LogP contribution in [0.5, 0.6) is 11.5 Å². The summed E-state index contributed by atoms with van der Waals surface area (Å²) in [7, 11) is -3.57. The van der Waals surface area contributed by atoms with Gasteiger partial charge < -0.3 is 14.8 Å². The van der Waals surface area contributed by atoms with Crippen molar-refractivity contribution in [2.75, 3.05) is 18.5 Å². The average molecular weight is 447 g/mol. The Morgan fingerprint density at radius 2 is 1.74 bits per heavy atom. The maximum absolute atomic E-state index is 12.7. The predicted molar refractivity (Wildman–Crippen MR) is 120 cm³/mol. The zero-order valence-electron chi connectivity index (χ0n) is 18.0. The molecule has 1 aliphatic carbocycles. The smallest absolute Gasteiger partial charge is 0.262 e. The van der Waals surface area contributed by atoms with Gasteiger partial charge in [0.1, 0.15) is 11.5 Å². The molecule has 1 saturated carbocycles. The molecular weight excluding hydrogens is 416 g/mol. The highest BCUT2D eigenvalue weighted by atomic mass is 32.2. The second-order valence-corrected chi connectivity index (χ2v) is 9.39. The first-order valence-electron chi connectivity index (χ1n) is 10.7. The van der Waals surface area contributed by atoms with Crippen molar-refractivity contribution in [3.63, 3.8) is 0 Å². The highest BCUT2D eigenvalue weighted by Gasteiger charge is 2.22. The van der Waals surface area contributed by atoms with Crippen molar-refractivity contribution in [1.82, 2.24) is 4.72 Å². The van der Waals surface area contributed by atoms with Crippen LogP contribution in [0.15, 0.2) is 47.4 Å².